The zero-order chi connectivity index (χ0) is 20.4. The highest BCUT2D eigenvalue weighted by molar-refractivity contribution is 5.87. The first kappa shape index (κ1) is 19.4. The zero-order valence-electron chi connectivity index (χ0n) is 16.0. The highest BCUT2D eigenvalue weighted by Gasteiger charge is 2.35. The molecule has 0 radical (unpaired) electrons. The van der Waals surface area contributed by atoms with E-state index in [1.165, 1.54) is 0 Å². The quantitative estimate of drug-likeness (QED) is 0.618. The number of hydrogen-bond acceptors (Lipinski definition) is 5. The first-order valence-corrected chi connectivity index (χ1v) is 9.90. The monoisotopic (exact) mass is 395 g/mol. The Morgan fingerprint density at radius 2 is 1.76 bits per heavy atom. The fraction of sp³-hybridized carbons (Fsp3) is 0.364. The van der Waals surface area contributed by atoms with Crippen molar-refractivity contribution in [3.63, 3.8) is 0 Å². The molecule has 4 N–H and O–H groups in total. The molecule has 7 nitrogen and oxygen atoms in total. The van der Waals surface area contributed by atoms with Crippen LogP contribution in [0, 0.1) is 5.92 Å². The Morgan fingerprint density at radius 3 is 2.45 bits per heavy atom. The summed E-state index contributed by atoms with van der Waals surface area (Å²) in [6, 6.07) is 13.8. The number of nitrogens with zero attached hydrogens (tertiary/aromatic N) is 1. The fourth-order valence-corrected chi connectivity index (χ4v) is 4.18. The minimum Gasteiger partial charge on any atom is -0.508 e. The number of carboxylic acids is 1. The molecule has 0 aromatic heterocycles. The van der Waals surface area contributed by atoms with Gasteiger partial charge in [0.2, 0.25) is 5.91 Å². The number of aromatic hydroxyl groups is 1. The molecule has 3 unspecified atom stereocenters. The molecule has 7 heteroatoms. The second-order valence-electron chi connectivity index (χ2n) is 7.87. The molecule has 2 aliphatic rings. The molecule has 29 heavy (non-hydrogen) atoms. The lowest BCUT2D eigenvalue weighted by molar-refractivity contribution is -0.132. The molecule has 2 heterocycles. The van der Waals surface area contributed by atoms with Gasteiger partial charge in [0.25, 0.3) is 0 Å². The number of hydrogen-bond donors (Lipinski definition) is 4. The Kier molecular flexibility index (Phi) is 5.51. The number of aromatic carboxylic acids is 1. The lowest BCUT2D eigenvalue weighted by atomic mass is 9.98. The van der Waals surface area contributed by atoms with Gasteiger partial charge in [-0.05, 0) is 60.6 Å². The standard InChI is InChI=1S/C22H25N3O4/c26-18-7-5-16(6-8-18)19-12-20(24-23-19)21(27)25-10-9-15(13-25)11-14-1-3-17(4-2-14)22(28)29/h1-8,15,19-20,23-24,26H,9-13H2,(H,28,29). The van der Waals surface area contributed by atoms with E-state index in [1.807, 2.05) is 29.2 Å². The number of phenolic OH excluding ortho intramolecular Hbond substituents is 1. The zero-order valence-corrected chi connectivity index (χ0v) is 16.0. The van der Waals surface area contributed by atoms with Crippen LogP contribution < -0.4 is 10.9 Å². The molecule has 0 aliphatic carbocycles. The summed E-state index contributed by atoms with van der Waals surface area (Å²) < 4.78 is 0. The highest BCUT2D eigenvalue weighted by Crippen LogP contribution is 2.27. The van der Waals surface area contributed by atoms with E-state index in [-0.39, 0.29) is 23.7 Å². The van der Waals surface area contributed by atoms with Gasteiger partial charge in [-0.3, -0.25) is 4.79 Å². The van der Waals surface area contributed by atoms with Gasteiger partial charge in [-0.1, -0.05) is 24.3 Å². The molecule has 1 amide bonds. The van der Waals surface area contributed by atoms with Gasteiger partial charge in [-0.15, -0.1) is 0 Å². The molecule has 2 fully saturated rings. The van der Waals surface area contributed by atoms with Crippen molar-refractivity contribution in [2.75, 3.05) is 13.1 Å². The van der Waals surface area contributed by atoms with E-state index in [2.05, 4.69) is 10.9 Å². The van der Waals surface area contributed by atoms with Crippen LogP contribution in [0.2, 0.25) is 0 Å². The van der Waals surface area contributed by atoms with Crippen molar-refractivity contribution in [2.24, 2.45) is 5.92 Å². The Bertz CT molecular complexity index is 882. The van der Waals surface area contributed by atoms with E-state index in [0.29, 0.717) is 17.9 Å². The lowest BCUT2D eigenvalue weighted by Crippen LogP contribution is -2.44. The van der Waals surface area contributed by atoms with Crippen molar-refractivity contribution < 1.29 is 19.8 Å². The highest BCUT2D eigenvalue weighted by atomic mass is 16.4. The Morgan fingerprint density at radius 1 is 1.03 bits per heavy atom. The van der Waals surface area contributed by atoms with Crippen LogP contribution in [-0.4, -0.2) is 46.1 Å². The molecule has 2 aromatic carbocycles. The molecule has 2 aromatic rings. The van der Waals surface area contributed by atoms with E-state index < -0.39 is 5.97 Å². The third-order valence-corrected chi connectivity index (χ3v) is 5.82. The molecule has 0 saturated carbocycles. The van der Waals surface area contributed by atoms with E-state index >= 15 is 0 Å². The van der Waals surface area contributed by atoms with Crippen LogP contribution in [0.25, 0.3) is 0 Å². The lowest BCUT2D eigenvalue weighted by Gasteiger charge is -2.20. The number of carbonyl (C=O) groups excluding carboxylic acids is 1. The Hall–Kier alpha value is -2.90. The number of carbonyl (C=O) groups is 2. The van der Waals surface area contributed by atoms with Crippen molar-refractivity contribution in [3.05, 3.63) is 65.2 Å². The maximum absolute atomic E-state index is 12.9. The number of benzene rings is 2. The van der Waals surface area contributed by atoms with Crippen LogP contribution in [-0.2, 0) is 11.2 Å². The average Bonchev–Trinajstić information content (AvgIpc) is 3.38. The number of amides is 1. The summed E-state index contributed by atoms with van der Waals surface area (Å²) in [4.78, 5) is 25.8. The SMILES string of the molecule is O=C(O)c1ccc(CC2CCN(C(=O)C3CC(c4ccc(O)cc4)NN3)C2)cc1. The third-order valence-electron chi connectivity index (χ3n) is 5.82. The van der Waals surface area contributed by atoms with Crippen LogP contribution in [0.3, 0.4) is 0 Å². The third kappa shape index (κ3) is 4.41. The molecule has 2 aliphatic heterocycles. The summed E-state index contributed by atoms with van der Waals surface area (Å²) in [5.74, 6) is -0.190. The van der Waals surface area contributed by atoms with E-state index in [4.69, 9.17) is 5.11 Å². The number of likely N-dealkylation sites (tertiary alicyclic amines) is 1. The molecule has 0 bridgehead atoms. The molecular weight excluding hydrogens is 370 g/mol. The van der Waals surface area contributed by atoms with Crippen LogP contribution in [0.5, 0.6) is 5.75 Å². The van der Waals surface area contributed by atoms with Gasteiger partial charge in [0.1, 0.15) is 11.8 Å². The Balaban J connectivity index is 1.30. The Labute approximate surface area is 169 Å². The minimum absolute atomic E-state index is 0.0377. The normalized spacial score (nSPS) is 24.0. The average molecular weight is 395 g/mol. The predicted octanol–water partition coefficient (Wildman–Crippen LogP) is 2.09. The first-order valence-electron chi connectivity index (χ1n) is 9.90. The molecule has 2 saturated heterocycles. The molecular formula is C22H25N3O4. The van der Waals surface area contributed by atoms with Gasteiger partial charge >= 0.3 is 5.97 Å². The second kappa shape index (κ2) is 8.23. The summed E-state index contributed by atoms with van der Waals surface area (Å²) in [7, 11) is 0. The van der Waals surface area contributed by atoms with Crippen LogP contribution >= 0.6 is 0 Å². The summed E-state index contributed by atoms with van der Waals surface area (Å²) in [6.45, 7) is 1.47. The number of rotatable bonds is 5. The number of carboxylic acid groups (broad SMARTS) is 1. The largest absolute Gasteiger partial charge is 0.508 e. The summed E-state index contributed by atoms with van der Waals surface area (Å²) in [6.07, 6.45) is 2.46. The maximum Gasteiger partial charge on any atom is 0.335 e. The van der Waals surface area contributed by atoms with Gasteiger partial charge in [0.05, 0.1) is 5.56 Å². The number of nitrogens with one attached hydrogen (secondary N) is 2. The maximum atomic E-state index is 12.9. The van der Waals surface area contributed by atoms with Crippen molar-refractivity contribution in [1.29, 1.82) is 0 Å². The van der Waals surface area contributed by atoms with Gasteiger partial charge in [0, 0.05) is 19.1 Å². The summed E-state index contributed by atoms with van der Waals surface area (Å²) in [5, 5.41) is 18.4. The summed E-state index contributed by atoms with van der Waals surface area (Å²) in [5.41, 5.74) is 8.73. The molecule has 3 atom stereocenters. The van der Waals surface area contributed by atoms with Crippen LogP contribution in [0.1, 0.15) is 40.4 Å². The molecule has 0 spiro atoms. The van der Waals surface area contributed by atoms with Gasteiger partial charge in [0.15, 0.2) is 0 Å². The van der Waals surface area contributed by atoms with Crippen molar-refractivity contribution in [2.45, 2.75) is 31.3 Å². The molecule has 152 valence electrons. The fourth-order valence-electron chi connectivity index (χ4n) is 4.18. The predicted molar refractivity (Wildman–Crippen MR) is 107 cm³/mol. The van der Waals surface area contributed by atoms with E-state index in [1.54, 1.807) is 24.3 Å². The van der Waals surface area contributed by atoms with Gasteiger partial charge < -0.3 is 15.1 Å². The van der Waals surface area contributed by atoms with Gasteiger partial charge in [-0.25, -0.2) is 15.6 Å². The number of phenols is 1. The van der Waals surface area contributed by atoms with Crippen molar-refractivity contribution in [3.8, 4) is 5.75 Å². The van der Waals surface area contributed by atoms with E-state index in [9.17, 15) is 14.7 Å². The molecule has 4 rings (SSSR count). The topological polar surface area (TPSA) is 102 Å². The van der Waals surface area contributed by atoms with Gasteiger partial charge in [-0.2, -0.15) is 0 Å². The van der Waals surface area contributed by atoms with E-state index in [0.717, 1.165) is 37.1 Å². The van der Waals surface area contributed by atoms with Crippen LogP contribution in [0.15, 0.2) is 48.5 Å². The van der Waals surface area contributed by atoms with Crippen LogP contribution in [0.4, 0.5) is 0 Å². The second-order valence-corrected chi connectivity index (χ2v) is 7.87. The summed E-state index contributed by atoms with van der Waals surface area (Å²) >= 11 is 0. The van der Waals surface area contributed by atoms with Crippen molar-refractivity contribution in [1.82, 2.24) is 15.8 Å². The number of hydrazine groups is 1. The minimum atomic E-state index is -0.919. The first-order chi connectivity index (χ1) is 14.0. The smallest absolute Gasteiger partial charge is 0.335 e. The van der Waals surface area contributed by atoms with Crippen molar-refractivity contribution >= 4 is 11.9 Å².